The average molecular weight is 392 g/mol. The lowest BCUT2D eigenvalue weighted by atomic mass is 10.2. The summed E-state index contributed by atoms with van der Waals surface area (Å²) in [7, 11) is 1.60. The lowest BCUT2D eigenvalue weighted by Gasteiger charge is -2.14. The van der Waals surface area contributed by atoms with Crippen molar-refractivity contribution >= 4 is 23.2 Å². The molecule has 1 aromatic heterocycles. The molecule has 0 fully saturated rings. The zero-order chi connectivity index (χ0) is 20.8. The van der Waals surface area contributed by atoms with E-state index in [1.54, 1.807) is 13.2 Å². The van der Waals surface area contributed by atoms with Crippen LogP contribution in [0.2, 0.25) is 0 Å². The highest BCUT2D eigenvalue weighted by Crippen LogP contribution is 2.28. The normalized spacial score (nSPS) is 10.5. The van der Waals surface area contributed by atoms with Gasteiger partial charge in [-0.1, -0.05) is 18.2 Å². The fourth-order valence-electron chi connectivity index (χ4n) is 2.67. The minimum absolute atomic E-state index is 0.000331. The highest BCUT2D eigenvalue weighted by Gasteiger charge is 2.12. The number of benzene rings is 2. The van der Waals surface area contributed by atoms with Crippen LogP contribution < -0.4 is 20.1 Å². The minimum atomic E-state index is -0.315. The fraction of sp³-hybridized carbons (Fsp3) is 0.227. The van der Waals surface area contributed by atoms with Crippen LogP contribution in [0.15, 0.2) is 54.9 Å². The van der Waals surface area contributed by atoms with E-state index in [2.05, 4.69) is 20.6 Å². The van der Waals surface area contributed by atoms with E-state index in [4.69, 9.17) is 9.47 Å². The van der Waals surface area contributed by atoms with E-state index in [-0.39, 0.29) is 12.0 Å². The SMILES string of the molecule is COc1ccc(C)cc1Nc1ncc(C(=O)Nc2ccccc2OC(C)C)cn1. The van der Waals surface area contributed by atoms with Gasteiger partial charge in [0.1, 0.15) is 11.5 Å². The third-order valence-corrected chi connectivity index (χ3v) is 4.01. The first-order valence-corrected chi connectivity index (χ1v) is 9.27. The number of nitrogens with one attached hydrogen (secondary N) is 2. The van der Waals surface area contributed by atoms with Gasteiger partial charge in [0.2, 0.25) is 5.95 Å². The van der Waals surface area contributed by atoms with Crippen LogP contribution in [0.1, 0.15) is 29.8 Å². The van der Waals surface area contributed by atoms with Gasteiger partial charge in [0.15, 0.2) is 0 Å². The van der Waals surface area contributed by atoms with E-state index >= 15 is 0 Å². The highest BCUT2D eigenvalue weighted by atomic mass is 16.5. The van der Waals surface area contributed by atoms with Gasteiger partial charge in [0, 0.05) is 12.4 Å². The van der Waals surface area contributed by atoms with E-state index in [1.807, 2.05) is 57.2 Å². The standard InChI is InChI=1S/C22H24N4O3/c1-14(2)29-20-8-6-5-7-17(20)25-21(27)16-12-23-22(24-13-16)26-18-11-15(3)9-10-19(18)28-4/h5-14H,1-4H3,(H,25,27)(H,23,24,26). The predicted octanol–water partition coefficient (Wildman–Crippen LogP) is 4.58. The number of para-hydroxylation sites is 2. The molecule has 3 aromatic rings. The van der Waals surface area contributed by atoms with Crippen LogP contribution in [0, 0.1) is 6.92 Å². The molecule has 0 spiro atoms. The Morgan fingerprint density at radius 2 is 1.72 bits per heavy atom. The number of ether oxygens (including phenoxy) is 2. The van der Waals surface area contributed by atoms with E-state index < -0.39 is 0 Å². The first-order valence-electron chi connectivity index (χ1n) is 9.27. The Kier molecular flexibility index (Phi) is 6.29. The summed E-state index contributed by atoms with van der Waals surface area (Å²) in [6.07, 6.45) is 2.94. The maximum atomic E-state index is 12.6. The number of amides is 1. The smallest absolute Gasteiger partial charge is 0.258 e. The second kappa shape index (κ2) is 9.05. The van der Waals surface area contributed by atoms with Gasteiger partial charge in [-0.2, -0.15) is 0 Å². The fourth-order valence-corrected chi connectivity index (χ4v) is 2.67. The molecule has 29 heavy (non-hydrogen) atoms. The molecule has 7 nitrogen and oxygen atoms in total. The number of carbonyl (C=O) groups is 1. The van der Waals surface area contributed by atoms with Crippen LogP contribution in [0.25, 0.3) is 0 Å². The van der Waals surface area contributed by atoms with Gasteiger partial charge in [-0.05, 0) is 50.6 Å². The molecular formula is C22H24N4O3. The van der Waals surface area contributed by atoms with Gasteiger partial charge in [-0.15, -0.1) is 0 Å². The van der Waals surface area contributed by atoms with Gasteiger partial charge in [-0.25, -0.2) is 9.97 Å². The number of anilines is 3. The van der Waals surface area contributed by atoms with Crippen molar-refractivity contribution in [2.75, 3.05) is 17.7 Å². The number of aromatic nitrogens is 2. The molecule has 2 N–H and O–H groups in total. The summed E-state index contributed by atoms with van der Waals surface area (Å²) in [5.41, 5.74) is 2.76. The largest absolute Gasteiger partial charge is 0.495 e. The van der Waals surface area contributed by atoms with Gasteiger partial charge >= 0.3 is 0 Å². The van der Waals surface area contributed by atoms with E-state index in [1.165, 1.54) is 12.4 Å². The number of hydrogen-bond acceptors (Lipinski definition) is 6. The Morgan fingerprint density at radius 3 is 2.41 bits per heavy atom. The molecule has 0 bridgehead atoms. The molecule has 0 atom stereocenters. The summed E-state index contributed by atoms with van der Waals surface area (Å²) < 4.78 is 11.1. The van der Waals surface area contributed by atoms with Crippen LogP contribution in [0.4, 0.5) is 17.3 Å². The molecule has 1 heterocycles. The second-order valence-corrected chi connectivity index (χ2v) is 6.74. The first-order chi connectivity index (χ1) is 14.0. The van der Waals surface area contributed by atoms with Crippen molar-refractivity contribution in [2.24, 2.45) is 0 Å². The van der Waals surface area contributed by atoms with Crippen molar-refractivity contribution in [3.05, 3.63) is 66.0 Å². The highest BCUT2D eigenvalue weighted by molar-refractivity contribution is 6.04. The van der Waals surface area contributed by atoms with Gasteiger partial charge in [0.05, 0.1) is 30.2 Å². The molecule has 0 aliphatic carbocycles. The molecule has 0 aliphatic rings. The van der Waals surface area contributed by atoms with Crippen LogP contribution in [-0.2, 0) is 0 Å². The maximum Gasteiger partial charge on any atom is 0.258 e. The molecule has 2 aromatic carbocycles. The van der Waals surface area contributed by atoms with Crippen molar-refractivity contribution in [2.45, 2.75) is 26.9 Å². The summed E-state index contributed by atoms with van der Waals surface area (Å²) in [6.45, 7) is 5.85. The zero-order valence-electron chi connectivity index (χ0n) is 16.9. The lowest BCUT2D eigenvalue weighted by molar-refractivity contribution is 0.102. The number of aryl methyl sites for hydroxylation is 1. The monoisotopic (exact) mass is 392 g/mol. The van der Waals surface area contributed by atoms with E-state index in [0.717, 1.165) is 11.3 Å². The topological polar surface area (TPSA) is 85.4 Å². The molecule has 0 saturated heterocycles. The summed E-state index contributed by atoms with van der Waals surface area (Å²) in [5.74, 6) is 1.35. The van der Waals surface area contributed by atoms with Crippen molar-refractivity contribution in [3.63, 3.8) is 0 Å². The van der Waals surface area contributed by atoms with Crippen molar-refractivity contribution < 1.29 is 14.3 Å². The summed E-state index contributed by atoms with van der Waals surface area (Å²) in [5, 5.41) is 5.95. The molecule has 0 saturated carbocycles. The third-order valence-electron chi connectivity index (χ3n) is 4.01. The zero-order valence-corrected chi connectivity index (χ0v) is 16.9. The number of nitrogens with zero attached hydrogens (tertiary/aromatic N) is 2. The molecule has 1 amide bonds. The Balaban J connectivity index is 1.72. The van der Waals surface area contributed by atoms with Crippen LogP contribution in [0.3, 0.4) is 0 Å². The summed E-state index contributed by atoms with van der Waals surface area (Å²) in [4.78, 5) is 21.1. The van der Waals surface area contributed by atoms with Crippen molar-refractivity contribution in [1.29, 1.82) is 0 Å². The van der Waals surface area contributed by atoms with E-state index in [0.29, 0.717) is 28.7 Å². The van der Waals surface area contributed by atoms with E-state index in [9.17, 15) is 4.79 Å². The quantitative estimate of drug-likeness (QED) is 0.612. The number of hydrogen-bond donors (Lipinski definition) is 2. The molecule has 7 heteroatoms. The first kappa shape index (κ1) is 20.1. The van der Waals surface area contributed by atoms with Crippen LogP contribution in [-0.4, -0.2) is 29.1 Å². The molecule has 3 rings (SSSR count). The molecule has 0 unspecified atom stereocenters. The van der Waals surface area contributed by atoms with Gasteiger partial charge in [0.25, 0.3) is 5.91 Å². The summed E-state index contributed by atoms with van der Waals surface area (Å²) >= 11 is 0. The van der Waals surface area contributed by atoms with Gasteiger partial charge in [-0.3, -0.25) is 4.79 Å². The minimum Gasteiger partial charge on any atom is -0.495 e. The number of methoxy groups -OCH3 is 1. The van der Waals surface area contributed by atoms with Gasteiger partial charge < -0.3 is 20.1 Å². The average Bonchev–Trinajstić information content (AvgIpc) is 2.70. The number of carbonyl (C=O) groups excluding carboxylic acids is 1. The Morgan fingerprint density at radius 1 is 1.00 bits per heavy atom. The third kappa shape index (κ3) is 5.22. The predicted molar refractivity (Wildman–Crippen MR) is 113 cm³/mol. The lowest BCUT2D eigenvalue weighted by Crippen LogP contribution is -2.15. The number of rotatable bonds is 7. The maximum absolute atomic E-state index is 12.6. The Labute approximate surface area is 170 Å². The van der Waals surface area contributed by atoms with Crippen molar-refractivity contribution in [3.8, 4) is 11.5 Å². The van der Waals surface area contributed by atoms with Crippen LogP contribution in [0.5, 0.6) is 11.5 Å². The second-order valence-electron chi connectivity index (χ2n) is 6.74. The summed E-state index contributed by atoms with van der Waals surface area (Å²) in [6, 6.07) is 13.1. The molecule has 150 valence electrons. The molecular weight excluding hydrogens is 368 g/mol. The van der Waals surface area contributed by atoms with Crippen LogP contribution >= 0.6 is 0 Å². The Hall–Kier alpha value is -3.61. The van der Waals surface area contributed by atoms with Crippen molar-refractivity contribution in [1.82, 2.24) is 9.97 Å². The molecule has 0 aliphatic heterocycles. The molecule has 0 radical (unpaired) electrons. The Bertz CT molecular complexity index is 988.